The second-order valence-corrected chi connectivity index (χ2v) is 11.6. The number of nitrogens with one attached hydrogen (secondary N) is 1. The summed E-state index contributed by atoms with van der Waals surface area (Å²) in [6.07, 6.45) is 6.68. The molecule has 9 heteroatoms. The van der Waals surface area contributed by atoms with Crippen molar-refractivity contribution in [3.05, 3.63) is 41.7 Å². The molecule has 0 saturated carbocycles. The van der Waals surface area contributed by atoms with E-state index in [-0.39, 0.29) is 59.6 Å². The first-order valence-corrected chi connectivity index (χ1v) is 14.5. The molecule has 0 bridgehead atoms. The number of benzene rings is 1. The van der Waals surface area contributed by atoms with Gasteiger partial charge in [-0.1, -0.05) is 41.4 Å². The van der Waals surface area contributed by atoms with E-state index in [1.165, 1.54) is 20.1 Å². The first-order chi connectivity index (χ1) is 16.8. The summed E-state index contributed by atoms with van der Waals surface area (Å²) in [7, 11) is 4.87. The number of hydrogen-bond acceptors (Lipinski definition) is 8. The highest BCUT2D eigenvalue weighted by atomic mass is 33.1. The first-order valence-electron chi connectivity index (χ1n) is 12.0. The van der Waals surface area contributed by atoms with Crippen LogP contribution in [0.4, 0.5) is 0 Å². The van der Waals surface area contributed by atoms with Crippen LogP contribution in [-0.2, 0) is 14.3 Å². The smallest absolute Gasteiger partial charge is 0.302 e. The number of carbonyl (C=O) groups is 2. The van der Waals surface area contributed by atoms with Crippen LogP contribution in [0.3, 0.4) is 0 Å². The van der Waals surface area contributed by atoms with Gasteiger partial charge in [-0.05, 0) is 35.7 Å². The largest absolute Gasteiger partial charge is 0.504 e. The van der Waals surface area contributed by atoms with Gasteiger partial charge in [-0.2, -0.15) is 0 Å². The van der Waals surface area contributed by atoms with Gasteiger partial charge in [0.25, 0.3) is 0 Å². The molecule has 1 aromatic carbocycles. The Bertz CT molecular complexity index is 980. The molecule has 2 heterocycles. The normalized spacial score (nSPS) is 23.9. The fourth-order valence-corrected chi connectivity index (χ4v) is 7.49. The highest BCUT2D eigenvalue weighted by Crippen LogP contribution is 2.44. The van der Waals surface area contributed by atoms with Crippen molar-refractivity contribution in [2.75, 3.05) is 18.6 Å². The fourth-order valence-electron chi connectivity index (χ4n) is 4.73. The third-order valence-corrected chi connectivity index (χ3v) is 9.04. The Morgan fingerprint density at radius 2 is 1.94 bits per heavy atom. The number of phenols is 2. The Balaban J connectivity index is 1.94. The molecule has 1 aliphatic heterocycles. The van der Waals surface area contributed by atoms with Crippen molar-refractivity contribution in [2.24, 2.45) is 5.92 Å². The number of aromatic amines is 1. The molecule has 35 heavy (non-hydrogen) atoms. The summed E-state index contributed by atoms with van der Waals surface area (Å²) in [5, 5.41) is 20.2. The summed E-state index contributed by atoms with van der Waals surface area (Å²) in [6, 6.07) is 5.24. The summed E-state index contributed by atoms with van der Waals surface area (Å²) in [4.78, 5) is 28.6. The molecule has 1 aliphatic rings. The predicted molar refractivity (Wildman–Crippen MR) is 140 cm³/mol. The lowest BCUT2D eigenvalue weighted by Gasteiger charge is -2.33. The molecule has 4 unspecified atom stereocenters. The molecule has 0 spiro atoms. The second-order valence-electron chi connectivity index (χ2n) is 9.01. The van der Waals surface area contributed by atoms with Crippen molar-refractivity contribution < 1.29 is 29.3 Å². The first kappa shape index (κ1) is 27.3. The third-order valence-electron chi connectivity index (χ3n) is 6.52. The number of ketones is 1. The Kier molecular flexibility index (Phi) is 10.3. The highest BCUT2D eigenvalue weighted by molar-refractivity contribution is 8.76. The van der Waals surface area contributed by atoms with Gasteiger partial charge >= 0.3 is 5.97 Å². The van der Waals surface area contributed by atoms with E-state index in [1.807, 2.05) is 12.4 Å². The molecule has 1 aromatic heterocycles. The number of Topliss-reactive ketones (excluding diaryl/α,β-unsaturated/α-hetero) is 1. The van der Waals surface area contributed by atoms with Gasteiger partial charge in [-0.25, -0.2) is 0 Å². The van der Waals surface area contributed by atoms with E-state index in [2.05, 4.69) is 18.0 Å². The van der Waals surface area contributed by atoms with Crippen molar-refractivity contribution in [3.8, 4) is 17.2 Å². The SMILES string of the molecule is CCCCC1C(OC(C)=O)CC(=O)CC(c2cc(O)c(O)c(OC)c2)CSSCC1c1cc[nH]c1. The van der Waals surface area contributed by atoms with Crippen LogP contribution < -0.4 is 4.74 Å². The van der Waals surface area contributed by atoms with Gasteiger partial charge in [0.1, 0.15) is 11.9 Å². The molecular formula is C26H35NO6S2. The van der Waals surface area contributed by atoms with Crippen LogP contribution in [0.25, 0.3) is 0 Å². The van der Waals surface area contributed by atoms with Gasteiger partial charge in [0.15, 0.2) is 11.5 Å². The number of hydrogen-bond donors (Lipinski definition) is 3. The number of rotatable bonds is 7. The van der Waals surface area contributed by atoms with Crippen LogP contribution in [0, 0.1) is 5.92 Å². The van der Waals surface area contributed by atoms with Gasteiger partial charge < -0.3 is 24.7 Å². The molecule has 3 N–H and O–H groups in total. The summed E-state index contributed by atoms with van der Waals surface area (Å²) in [5.74, 6) is 0.668. The number of aromatic nitrogens is 1. The maximum atomic E-state index is 13.4. The van der Waals surface area contributed by atoms with Gasteiger partial charge in [-0.3, -0.25) is 9.59 Å². The molecule has 7 nitrogen and oxygen atoms in total. The zero-order valence-electron chi connectivity index (χ0n) is 20.5. The van der Waals surface area contributed by atoms with Crippen molar-refractivity contribution in [3.63, 3.8) is 0 Å². The Labute approximate surface area is 214 Å². The molecule has 2 aromatic rings. The Morgan fingerprint density at radius 1 is 1.17 bits per heavy atom. The van der Waals surface area contributed by atoms with Crippen LogP contribution in [0.15, 0.2) is 30.6 Å². The van der Waals surface area contributed by atoms with Crippen molar-refractivity contribution in [2.45, 2.75) is 63.9 Å². The quantitative estimate of drug-likeness (QED) is 0.239. The maximum absolute atomic E-state index is 13.4. The third kappa shape index (κ3) is 7.36. The summed E-state index contributed by atoms with van der Waals surface area (Å²) < 4.78 is 11.0. The zero-order valence-corrected chi connectivity index (χ0v) is 22.1. The number of esters is 1. The van der Waals surface area contributed by atoms with E-state index < -0.39 is 6.10 Å². The van der Waals surface area contributed by atoms with Gasteiger partial charge in [0, 0.05) is 61.4 Å². The monoisotopic (exact) mass is 521 g/mol. The lowest BCUT2D eigenvalue weighted by Crippen LogP contribution is -2.34. The highest BCUT2D eigenvalue weighted by Gasteiger charge is 2.35. The molecule has 0 radical (unpaired) electrons. The lowest BCUT2D eigenvalue weighted by atomic mass is 9.79. The maximum Gasteiger partial charge on any atom is 0.302 e. The number of phenolic OH excluding ortho intramolecular Hbond substituents is 2. The average Bonchev–Trinajstić information content (AvgIpc) is 3.34. The van der Waals surface area contributed by atoms with Crippen molar-refractivity contribution in [1.29, 1.82) is 0 Å². The van der Waals surface area contributed by atoms with Crippen LogP contribution in [0.2, 0.25) is 0 Å². The number of carbonyl (C=O) groups excluding carboxylic acids is 2. The molecule has 0 aliphatic carbocycles. The van der Waals surface area contributed by atoms with E-state index in [0.717, 1.165) is 36.1 Å². The number of H-pyrrole nitrogens is 1. The van der Waals surface area contributed by atoms with Crippen LogP contribution in [-0.4, -0.2) is 51.7 Å². The number of unbranched alkanes of at least 4 members (excludes halogenated alkanes) is 1. The summed E-state index contributed by atoms with van der Waals surface area (Å²) in [6.45, 7) is 3.54. The molecule has 3 rings (SSSR count). The van der Waals surface area contributed by atoms with Crippen LogP contribution in [0.1, 0.15) is 68.9 Å². The number of ether oxygens (including phenoxy) is 2. The zero-order chi connectivity index (χ0) is 25.4. The van der Waals surface area contributed by atoms with E-state index in [1.54, 1.807) is 27.7 Å². The van der Waals surface area contributed by atoms with Crippen molar-refractivity contribution >= 4 is 33.3 Å². The average molecular weight is 522 g/mol. The van der Waals surface area contributed by atoms with Crippen LogP contribution >= 0.6 is 21.6 Å². The summed E-state index contributed by atoms with van der Waals surface area (Å²) >= 11 is 0. The standard InChI is InChI=1S/C26H35NO6S2/c1-4-5-6-21-22(17-7-8-27-13-17)15-35-34-14-19(9-20(29)12-24(21)33-16(2)28)18-10-23(30)26(31)25(11-18)32-3/h7-8,10-11,13,19,21-22,24,27,30-31H,4-6,9,12,14-15H2,1-3H3. The predicted octanol–water partition coefficient (Wildman–Crippen LogP) is 5.78. The molecule has 1 saturated heterocycles. The topological polar surface area (TPSA) is 109 Å². The van der Waals surface area contributed by atoms with Gasteiger partial charge in [-0.15, -0.1) is 0 Å². The van der Waals surface area contributed by atoms with E-state index in [4.69, 9.17) is 9.47 Å². The van der Waals surface area contributed by atoms with Crippen LogP contribution in [0.5, 0.6) is 17.2 Å². The molecular weight excluding hydrogens is 486 g/mol. The molecule has 192 valence electrons. The number of methoxy groups -OCH3 is 1. The summed E-state index contributed by atoms with van der Waals surface area (Å²) in [5.41, 5.74) is 1.89. The molecule has 4 atom stereocenters. The van der Waals surface area contributed by atoms with Crippen molar-refractivity contribution in [1.82, 2.24) is 4.98 Å². The van der Waals surface area contributed by atoms with Gasteiger partial charge in [0.2, 0.25) is 5.75 Å². The van der Waals surface area contributed by atoms with E-state index >= 15 is 0 Å². The van der Waals surface area contributed by atoms with Gasteiger partial charge in [0.05, 0.1) is 7.11 Å². The van der Waals surface area contributed by atoms with E-state index in [9.17, 15) is 19.8 Å². The Hall–Kier alpha value is -2.26. The Morgan fingerprint density at radius 3 is 2.60 bits per heavy atom. The second kappa shape index (κ2) is 13.2. The molecule has 1 fully saturated rings. The minimum atomic E-state index is -0.501. The number of aromatic hydroxyl groups is 2. The minimum Gasteiger partial charge on any atom is -0.504 e. The fraction of sp³-hybridized carbons (Fsp3) is 0.538. The lowest BCUT2D eigenvalue weighted by molar-refractivity contribution is -0.151. The van der Waals surface area contributed by atoms with E-state index in [0.29, 0.717) is 5.75 Å². The molecule has 0 amide bonds. The minimum absolute atomic E-state index is 0.00889.